The maximum atomic E-state index is 10.8. The molecule has 0 aliphatic rings. The van der Waals surface area contributed by atoms with Gasteiger partial charge in [-0.25, -0.2) is 3.97 Å². The molecule has 8 heteroatoms. The number of aromatic nitrogens is 1. The molecule has 0 radical (unpaired) electrons. The topological polar surface area (TPSA) is 87.8 Å². The third-order valence-electron chi connectivity index (χ3n) is 0.983. The van der Waals surface area contributed by atoms with E-state index in [1.165, 1.54) is 24.5 Å². The Morgan fingerprint density at radius 2 is 1.83 bits per heavy atom. The Hall–Kier alpha value is -1.17. The molecule has 1 rings (SSSR count). The van der Waals surface area contributed by atoms with Gasteiger partial charge in [0.15, 0.2) is 0 Å². The minimum absolute atomic E-state index is 0. The van der Waals surface area contributed by atoms with Crippen molar-refractivity contribution in [3.63, 3.8) is 0 Å². The lowest BCUT2D eigenvalue weighted by Gasteiger charge is -1.94. The van der Waals surface area contributed by atoms with Crippen LogP contribution in [0.2, 0.25) is 0 Å². The van der Waals surface area contributed by atoms with Crippen LogP contribution in [0.1, 0.15) is 0 Å². The summed E-state index contributed by atoms with van der Waals surface area (Å²) in [5, 5.41) is 0. The standard InChI is InChI=1S/C4H4N4O2S.ClH/c5-6-7-11(9,10)8-3-1-2-4-8;/h1-4H;1H. The Morgan fingerprint density at radius 1 is 1.33 bits per heavy atom. The highest BCUT2D eigenvalue weighted by atomic mass is 35.5. The number of rotatable bonds is 2. The van der Waals surface area contributed by atoms with Gasteiger partial charge in [-0.1, -0.05) is 0 Å². The Kier molecular flexibility index (Phi) is 3.62. The van der Waals surface area contributed by atoms with Gasteiger partial charge in [0.2, 0.25) is 0 Å². The van der Waals surface area contributed by atoms with E-state index in [9.17, 15) is 8.42 Å². The zero-order chi connectivity index (χ0) is 8.32. The van der Waals surface area contributed by atoms with Crippen LogP contribution in [-0.2, 0) is 10.2 Å². The van der Waals surface area contributed by atoms with Gasteiger partial charge in [-0.2, -0.15) is 8.42 Å². The van der Waals surface area contributed by atoms with Crippen LogP contribution in [0.5, 0.6) is 0 Å². The average Bonchev–Trinajstić information content (AvgIpc) is 2.37. The monoisotopic (exact) mass is 208 g/mol. The summed E-state index contributed by atoms with van der Waals surface area (Å²) in [5.41, 5.74) is 7.87. The van der Waals surface area contributed by atoms with E-state index in [-0.39, 0.29) is 12.4 Å². The molecule has 0 spiro atoms. The number of hydrogen-bond donors (Lipinski definition) is 0. The predicted molar refractivity (Wildman–Crippen MR) is 45.1 cm³/mol. The summed E-state index contributed by atoms with van der Waals surface area (Å²) in [6.07, 6.45) is 2.56. The fourth-order valence-electron chi connectivity index (χ4n) is 0.561. The van der Waals surface area contributed by atoms with Crippen molar-refractivity contribution >= 4 is 22.6 Å². The third-order valence-corrected chi connectivity index (χ3v) is 2.04. The molecule has 0 aromatic carbocycles. The highest BCUT2D eigenvalue weighted by Crippen LogP contribution is 1.99. The Labute approximate surface area is 75.0 Å². The van der Waals surface area contributed by atoms with Crippen LogP contribution in [0.4, 0.5) is 0 Å². The molecule has 0 fully saturated rings. The molecule has 0 unspecified atom stereocenters. The van der Waals surface area contributed by atoms with Crippen molar-refractivity contribution in [2.45, 2.75) is 0 Å². The highest BCUT2D eigenvalue weighted by molar-refractivity contribution is 7.88. The minimum atomic E-state index is -3.84. The first kappa shape index (κ1) is 10.8. The first-order valence-corrected chi connectivity index (χ1v) is 4.01. The van der Waals surface area contributed by atoms with E-state index < -0.39 is 10.2 Å². The summed E-state index contributed by atoms with van der Waals surface area (Å²) >= 11 is 0. The number of halogens is 1. The number of hydrogen-bond acceptors (Lipinski definition) is 2. The molecule has 0 N–H and O–H groups in total. The van der Waals surface area contributed by atoms with Crippen molar-refractivity contribution in [2.75, 3.05) is 0 Å². The predicted octanol–water partition coefficient (Wildman–Crippen LogP) is 1.31. The first-order valence-electron chi connectivity index (χ1n) is 2.61. The van der Waals surface area contributed by atoms with Crippen LogP contribution in [0.15, 0.2) is 29.0 Å². The van der Waals surface area contributed by atoms with Crippen molar-refractivity contribution in [1.29, 1.82) is 0 Å². The van der Waals surface area contributed by atoms with Gasteiger partial charge in [0.25, 0.3) is 0 Å². The van der Waals surface area contributed by atoms with Gasteiger partial charge in [0, 0.05) is 17.3 Å². The van der Waals surface area contributed by atoms with Crippen molar-refractivity contribution < 1.29 is 8.42 Å². The average molecular weight is 209 g/mol. The van der Waals surface area contributed by atoms with Crippen molar-refractivity contribution in [1.82, 2.24) is 3.97 Å². The lowest BCUT2D eigenvalue weighted by atomic mass is 10.7. The lowest BCUT2D eigenvalue weighted by molar-refractivity contribution is 0.589. The molecule has 0 aliphatic carbocycles. The summed E-state index contributed by atoms with van der Waals surface area (Å²) in [7, 11) is -3.84. The molecule has 0 saturated carbocycles. The fourth-order valence-corrected chi connectivity index (χ4v) is 1.19. The maximum absolute atomic E-state index is 10.8. The van der Waals surface area contributed by atoms with Crippen LogP contribution in [0.25, 0.3) is 10.4 Å². The van der Waals surface area contributed by atoms with Crippen LogP contribution >= 0.6 is 12.4 Å². The van der Waals surface area contributed by atoms with Crippen LogP contribution in [-0.4, -0.2) is 12.4 Å². The van der Waals surface area contributed by atoms with Gasteiger partial charge < -0.3 is 0 Å². The fraction of sp³-hybridized carbons (Fsp3) is 0. The molecular formula is C4H5ClN4O2S. The van der Waals surface area contributed by atoms with E-state index in [0.717, 1.165) is 3.97 Å². The number of nitrogens with zero attached hydrogens (tertiary/aromatic N) is 4. The minimum Gasteiger partial charge on any atom is -0.246 e. The second-order valence-electron chi connectivity index (χ2n) is 1.66. The van der Waals surface area contributed by atoms with Gasteiger partial charge >= 0.3 is 10.2 Å². The molecule has 12 heavy (non-hydrogen) atoms. The van der Waals surface area contributed by atoms with E-state index in [2.05, 4.69) is 9.43 Å². The zero-order valence-corrected chi connectivity index (χ0v) is 7.36. The van der Waals surface area contributed by atoms with Gasteiger partial charge in [0.1, 0.15) is 0 Å². The van der Waals surface area contributed by atoms with E-state index in [0.29, 0.717) is 0 Å². The molecule has 0 atom stereocenters. The summed E-state index contributed by atoms with van der Waals surface area (Å²) in [4.78, 5) is 2.18. The quantitative estimate of drug-likeness (QED) is 0.417. The highest BCUT2D eigenvalue weighted by Gasteiger charge is 2.06. The third kappa shape index (κ3) is 2.16. The van der Waals surface area contributed by atoms with Gasteiger partial charge in [-0.05, 0) is 17.7 Å². The van der Waals surface area contributed by atoms with E-state index in [1.807, 2.05) is 0 Å². The normalized spacial score (nSPS) is 9.67. The summed E-state index contributed by atoms with van der Waals surface area (Å²) < 4.78 is 25.1. The van der Waals surface area contributed by atoms with E-state index in [4.69, 9.17) is 5.53 Å². The van der Waals surface area contributed by atoms with E-state index >= 15 is 0 Å². The second kappa shape index (κ2) is 4.01. The molecule has 66 valence electrons. The lowest BCUT2D eigenvalue weighted by Crippen LogP contribution is -2.04. The molecule has 0 bridgehead atoms. The smallest absolute Gasteiger partial charge is 0.246 e. The van der Waals surface area contributed by atoms with Crippen LogP contribution < -0.4 is 0 Å². The van der Waals surface area contributed by atoms with Crippen LogP contribution in [0.3, 0.4) is 0 Å². The van der Waals surface area contributed by atoms with Gasteiger partial charge in [0.05, 0.1) is 4.52 Å². The number of azide groups is 1. The second-order valence-corrected chi connectivity index (χ2v) is 3.14. The molecular weight excluding hydrogens is 204 g/mol. The molecule has 1 heterocycles. The zero-order valence-electron chi connectivity index (χ0n) is 5.73. The van der Waals surface area contributed by atoms with Gasteiger partial charge in [-0.15, -0.1) is 12.4 Å². The first-order chi connectivity index (χ1) is 5.17. The summed E-state index contributed by atoms with van der Waals surface area (Å²) in [6, 6.07) is 3.04. The largest absolute Gasteiger partial charge is 0.327 e. The SMILES string of the molecule is Cl.[N-]=[N+]=NS(=O)(=O)n1cccc1. The molecule has 0 aliphatic heterocycles. The molecule has 6 nitrogen and oxygen atoms in total. The summed E-state index contributed by atoms with van der Waals surface area (Å²) in [6.45, 7) is 0. The molecule has 1 aromatic rings. The molecule has 0 saturated heterocycles. The molecule has 0 amide bonds. The molecule has 1 aromatic heterocycles. The van der Waals surface area contributed by atoms with E-state index in [1.54, 1.807) is 0 Å². The Balaban J connectivity index is 0.00000121. The maximum Gasteiger partial charge on any atom is 0.327 e. The van der Waals surface area contributed by atoms with Crippen molar-refractivity contribution in [3.05, 3.63) is 35.0 Å². The van der Waals surface area contributed by atoms with Gasteiger partial charge in [-0.3, -0.25) is 0 Å². The van der Waals surface area contributed by atoms with Crippen LogP contribution in [0, 0.1) is 0 Å². The Morgan fingerprint density at radius 3 is 2.25 bits per heavy atom. The summed E-state index contributed by atoms with van der Waals surface area (Å²) in [5.74, 6) is 0. The van der Waals surface area contributed by atoms with Crippen molar-refractivity contribution in [3.8, 4) is 0 Å². The Bertz CT molecular complexity index is 377. The van der Waals surface area contributed by atoms with Crippen molar-refractivity contribution in [2.24, 2.45) is 4.52 Å².